The lowest BCUT2D eigenvalue weighted by atomic mass is 10.1. The minimum absolute atomic E-state index is 0.0665. The van der Waals surface area contributed by atoms with E-state index in [1.54, 1.807) is 18.2 Å². The van der Waals surface area contributed by atoms with Crippen LogP contribution in [0.3, 0.4) is 0 Å². The van der Waals surface area contributed by atoms with Gasteiger partial charge >= 0.3 is 0 Å². The van der Waals surface area contributed by atoms with Gasteiger partial charge in [-0.1, -0.05) is 18.7 Å². The Morgan fingerprint density at radius 3 is 2.62 bits per heavy atom. The number of amidine groups is 1. The molecule has 34 heavy (non-hydrogen) atoms. The number of nitrogens with two attached hydrogens (primary N) is 1. The molecular formula is C25H31N5O3S. The number of aliphatic imine (C=N–C) groups is 1. The van der Waals surface area contributed by atoms with Crippen LogP contribution in [0, 0.1) is 0 Å². The predicted octanol–water partition coefficient (Wildman–Crippen LogP) is 3.39. The highest BCUT2D eigenvalue weighted by Gasteiger charge is 2.35. The van der Waals surface area contributed by atoms with Crippen molar-refractivity contribution in [3.8, 4) is 11.5 Å². The van der Waals surface area contributed by atoms with Crippen LogP contribution in [0.4, 0.5) is 11.4 Å². The van der Waals surface area contributed by atoms with Crippen molar-refractivity contribution < 1.29 is 14.3 Å². The number of benzene rings is 2. The minimum Gasteiger partial charge on any atom is -0.454 e. The van der Waals surface area contributed by atoms with Crippen molar-refractivity contribution >= 4 is 34.1 Å². The average Bonchev–Trinajstić information content (AvgIpc) is 3.49. The number of hydrogen-bond donors (Lipinski definition) is 2. The predicted molar refractivity (Wildman–Crippen MR) is 137 cm³/mol. The third-order valence-corrected chi connectivity index (χ3v) is 7.92. The Hall–Kier alpha value is -2.75. The number of nitrogens with zero attached hydrogens (tertiary/aromatic N) is 3. The topological polar surface area (TPSA) is 92.4 Å². The van der Waals surface area contributed by atoms with Crippen molar-refractivity contribution in [2.75, 3.05) is 43.2 Å². The van der Waals surface area contributed by atoms with E-state index in [0.29, 0.717) is 28.3 Å². The lowest BCUT2D eigenvalue weighted by molar-refractivity contribution is 0.0983. The van der Waals surface area contributed by atoms with Crippen LogP contribution in [-0.4, -0.2) is 66.3 Å². The van der Waals surface area contributed by atoms with Gasteiger partial charge < -0.3 is 25.4 Å². The number of ether oxygens (including phenoxy) is 2. The fourth-order valence-electron chi connectivity index (χ4n) is 4.47. The Labute approximate surface area is 204 Å². The summed E-state index contributed by atoms with van der Waals surface area (Å²) in [7, 11) is 0. The second kappa shape index (κ2) is 9.85. The van der Waals surface area contributed by atoms with E-state index in [1.165, 1.54) is 23.9 Å². The molecule has 9 heteroatoms. The molecule has 3 unspecified atom stereocenters. The van der Waals surface area contributed by atoms with Crippen molar-refractivity contribution in [2.45, 2.75) is 37.7 Å². The molecule has 5 rings (SSSR count). The van der Waals surface area contributed by atoms with Crippen molar-refractivity contribution in [1.29, 1.82) is 0 Å². The second-order valence-corrected chi connectivity index (χ2v) is 9.98. The van der Waals surface area contributed by atoms with Gasteiger partial charge in [-0.15, -0.1) is 0 Å². The number of ketones is 1. The highest BCUT2D eigenvalue weighted by Crippen LogP contribution is 2.35. The van der Waals surface area contributed by atoms with Gasteiger partial charge in [0.1, 0.15) is 11.4 Å². The van der Waals surface area contributed by atoms with Crippen LogP contribution in [0.5, 0.6) is 11.5 Å². The molecule has 180 valence electrons. The van der Waals surface area contributed by atoms with E-state index in [0.717, 1.165) is 31.9 Å². The van der Waals surface area contributed by atoms with E-state index in [1.807, 2.05) is 0 Å². The molecule has 3 aliphatic rings. The number of nitrogens with one attached hydrogen (secondary N) is 1. The summed E-state index contributed by atoms with van der Waals surface area (Å²) in [4.78, 5) is 22.5. The molecule has 0 spiro atoms. The molecule has 1 fully saturated rings. The summed E-state index contributed by atoms with van der Waals surface area (Å²) >= 11 is 1.36. The molecule has 0 aliphatic carbocycles. The number of fused-ring (bicyclic) bond motifs is 1. The summed E-state index contributed by atoms with van der Waals surface area (Å²) in [6, 6.07) is 14.2. The molecular weight excluding hydrogens is 450 g/mol. The van der Waals surface area contributed by atoms with Gasteiger partial charge in [-0.3, -0.25) is 9.69 Å². The Kier molecular flexibility index (Phi) is 6.67. The first-order valence-corrected chi connectivity index (χ1v) is 12.7. The van der Waals surface area contributed by atoms with Gasteiger partial charge in [-0.25, -0.2) is 4.99 Å². The molecule has 3 N–H and O–H groups in total. The van der Waals surface area contributed by atoms with Crippen LogP contribution in [0.25, 0.3) is 0 Å². The minimum atomic E-state index is -0.605. The van der Waals surface area contributed by atoms with E-state index in [2.05, 4.69) is 58.2 Å². The molecule has 0 radical (unpaired) electrons. The first kappa shape index (κ1) is 23.0. The monoisotopic (exact) mass is 481 g/mol. The quantitative estimate of drug-likeness (QED) is 0.607. The summed E-state index contributed by atoms with van der Waals surface area (Å²) in [6.45, 7) is 9.00. The number of anilines is 2. The SMILES string of the molecule is CCC(C)N1CCN(c2ccc(NC3=NC(N)C(C(=O)c4ccc5c(c4)OCO5)S3)cc2)CC1. The van der Waals surface area contributed by atoms with Gasteiger partial charge in [0.15, 0.2) is 22.4 Å². The van der Waals surface area contributed by atoms with Gasteiger partial charge in [0.25, 0.3) is 0 Å². The van der Waals surface area contributed by atoms with E-state index in [4.69, 9.17) is 15.2 Å². The van der Waals surface area contributed by atoms with E-state index < -0.39 is 11.4 Å². The molecule has 0 amide bonds. The first-order chi connectivity index (χ1) is 16.5. The summed E-state index contributed by atoms with van der Waals surface area (Å²) in [5, 5.41) is 3.49. The van der Waals surface area contributed by atoms with Gasteiger partial charge in [0.2, 0.25) is 6.79 Å². The smallest absolute Gasteiger partial charge is 0.231 e. The van der Waals surface area contributed by atoms with Crippen molar-refractivity contribution in [1.82, 2.24) is 4.90 Å². The van der Waals surface area contributed by atoms with Gasteiger partial charge in [0.05, 0.1) is 0 Å². The zero-order valence-electron chi connectivity index (χ0n) is 19.6. The molecule has 1 saturated heterocycles. The summed E-state index contributed by atoms with van der Waals surface area (Å²) in [5.41, 5.74) is 8.90. The van der Waals surface area contributed by atoms with E-state index in [9.17, 15) is 4.79 Å². The van der Waals surface area contributed by atoms with Crippen molar-refractivity contribution in [2.24, 2.45) is 10.7 Å². The highest BCUT2D eigenvalue weighted by molar-refractivity contribution is 8.15. The number of rotatable bonds is 6. The molecule has 3 aliphatic heterocycles. The Morgan fingerprint density at radius 2 is 1.88 bits per heavy atom. The van der Waals surface area contributed by atoms with Gasteiger partial charge in [-0.05, 0) is 55.8 Å². The average molecular weight is 482 g/mol. The maximum atomic E-state index is 13.1. The molecule has 3 atom stereocenters. The van der Waals surface area contributed by atoms with Crippen molar-refractivity contribution in [3.05, 3.63) is 48.0 Å². The normalized spacial score (nSPS) is 23.0. The molecule has 8 nitrogen and oxygen atoms in total. The third-order valence-electron chi connectivity index (χ3n) is 6.74. The standard InChI is InChI=1S/C25H31N5O3S/c1-3-16(2)29-10-12-30(13-11-29)19-7-5-18(6-8-19)27-25-28-24(26)23(34-25)22(31)17-4-9-20-21(14-17)33-15-32-20/h4-9,14,16,23-24H,3,10-13,15,26H2,1-2H3,(H,27,28). The number of Topliss-reactive ketones (excluding diaryl/α,β-unsaturated/α-hetero) is 1. The molecule has 3 heterocycles. The van der Waals surface area contributed by atoms with Crippen LogP contribution < -0.4 is 25.4 Å². The number of carbonyl (C=O) groups is 1. The molecule has 2 aromatic carbocycles. The maximum Gasteiger partial charge on any atom is 0.231 e. The lowest BCUT2D eigenvalue weighted by Gasteiger charge is -2.39. The van der Waals surface area contributed by atoms with E-state index >= 15 is 0 Å². The maximum absolute atomic E-state index is 13.1. The largest absolute Gasteiger partial charge is 0.454 e. The summed E-state index contributed by atoms with van der Waals surface area (Å²) in [5.74, 6) is 1.17. The van der Waals surface area contributed by atoms with Crippen LogP contribution in [0.2, 0.25) is 0 Å². The second-order valence-electron chi connectivity index (χ2n) is 8.85. The molecule has 2 aromatic rings. The van der Waals surface area contributed by atoms with Gasteiger partial charge in [0, 0.05) is 49.2 Å². The molecule has 0 bridgehead atoms. The van der Waals surface area contributed by atoms with Crippen molar-refractivity contribution in [3.63, 3.8) is 0 Å². The zero-order chi connectivity index (χ0) is 23.7. The number of thioether (sulfide) groups is 1. The summed E-state index contributed by atoms with van der Waals surface area (Å²) in [6.07, 6.45) is 0.584. The third kappa shape index (κ3) is 4.73. The Morgan fingerprint density at radius 1 is 1.15 bits per heavy atom. The Balaban J connectivity index is 1.17. The zero-order valence-corrected chi connectivity index (χ0v) is 20.4. The first-order valence-electron chi connectivity index (χ1n) is 11.8. The Bertz CT molecular complexity index is 1070. The van der Waals surface area contributed by atoms with E-state index in [-0.39, 0.29) is 12.6 Å². The van der Waals surface area contributed by atoms with Crippen LogP contribution >= 0.6 is 11.8 Å². The molecule has 0 saturated carbocycles. The number of carbonyl (C=O) groups excluding carboxylic acids is 1. The summed E-state index contributed by atoms with van der Waals surface area (Å²) < 4.78 is 10.7. The van der Waals surface area contributed by atoms with Crippen LogP contribution in [0.15, 0.2) is 47.5 Å². The van der Waals surface area contributed by atoms with Crippen LogP contribution in [-0.2, 0) is 0 Å². The van der Waals surface area contributed by atoms with Crippen LogP contribution in [0.1, 0.15) is 30.6 Å². The fourth-order valence-corrected chi connectivity index (χ4v) is 5.51. The fraction of sp³-hybridized carbons (Fsp3) is 0.440. The number of hydrogen-bond acceptors (Lipinski definition) is 9. The number of piperazine rings is 1. The highest BCUT2D eigenvalue weighted by atomic mass is 32.2. The lowest BCUT2D eigenvalue weighted by Crippen LogP contribution is -2.49. The molecule has 0 aromatic heterocycles. The van der Waals surface area contributed by atoms with Gasteiger partial charge in [-0.2, -0.15) is 0 Å².